The quantitative estimate of drug-likeness (QED) is 0.396. The lowest BCUT2D eigenvalue weighted by Gasteiger charge is -2.09. The normalized spacial score (nSPS) is 13.1. The Kier molecular flexibility index (Phi) is 6.83. The molecule has 0 amide bonds. The molecule has 0 spiro atoms. The number of Topliss-reactive ketones (excluding diaryl/α,β-unsaturated/α-hetero) is 1. The predicted molar refractivity (Wildman–Crippen MR) is 52.6 cm³/mol. The Morgan fingerprint density at radius 3 is 2.70 bits per heavy atom. The maximum atomic E-state index is 10.7. The minimum Gasteiger partial charge on any atom is -0.298 e. The second-order valence-electron chi connectivity index (χ2n) is 1.71. The summed E-state index contributed by atoms with van der Waals surface area (Å²) in [6, 6.07) is -0.110. The van der Waals surface area contributed by atoms with Gasteiger partial charge in [0.2, 0.25) is 0 Å². The third kappa shape index (κ3) is 4.49. The van der Waals surface area contributed by atoms with Gasteiger partial charge in [0, 0.05) is 5.75 Å². The van der Waals surface area contributed by atoms with E-state index in [2.05, 4.69) is 17.4 Å². The van der Waals surface area contributed by atoms with Gasteiger partial charge in [0.05, 0.1) is 6.04 Å². The molecule has 0 aliphatic rings. The number of ketones is 1. The Balaban J connectivity index is 3.50. The van der Waals surface area contributed by atoms with Gasteiger partial charge in [-0.25, -0.2) is 4.72 Å². The summed E-state index contributed by atoms with van der Waals surface area (Å²) < 4.78 is 2.97. The Morgan fingerprint density at radius 1 is 1.80 bits per heavy atom. The van der Waals surface area contributed by atoms with Crippen molar-refractivity contribution < 1.29 is 4.79 Å². The van der Waals surface area contributed by atoms with E-state index in [0.717, 1.165) is 0 Å². The Hall–Kier alpha value is 0.680. The number of rotatable bonds is 5. The SMILES string of the molecule is CSSN[C@@H](CS)C(C)=O. The van der Waals surface area contributed by atoms with Gasteiger partial charge in [-0.3, -0.25) is 4.79 Å². The Bertz CT molecular complexity index is 109. The molecule has 0 aliphatic heterocycles. The van der Waals surface area contributed by atoms with E-state index in [1.165, 1.54) is 11.0 Å². The highest BCUT2D eigenvalue weighted by atomic mass is 33.1. The van der Waals surface area contributed by atoms with Crippen LogP contribution in [-0.4, -0.2) is 23.8 Å². The van der Waals surface area contributed by atoms with Crippen LogP contribution in [0.1, 0.15) is 6.92 Å². The van der Waals surface area contributed by atoms with Crippen molar-refractivity contribution in [2.75, 3.05) is 12.0 Å². The van der Waals surface area contributed by atoms with Crippen LogP contribution in [0.25, 0.3) is 0 Å². The molecule has 60 valence electrons. The van der Waals surface area contributed by atoms with Crippen molar-refractivity contribution in [3.05, 3.63) is 0 Å². The van der Waals surface area contributed by atoms with E-state index in [1.807, 2.05) is 6.26 Å². The molecular weight excluding hydrogens is 186 g/mol. The van der Waals surface area contributed by atoms with E-state index in [1.54, 1.807) is 17.7 Å². The fraction of sp³-hybridized carbons (Fsp3) is 0.800. The smallest absolute Gasteiger partial charge is 0.148 e. The van der Waals surface area contributed by atoms with Gasteiger partial charge in [0.15, 0.2) is 0 Å². The average molecular weight is 197 g/mol. The van der Waals surface area contributed by atoms with Crippen LogP contribution in [-0.2, 0) is 4.79 Å². The first-order valence-corrected chi connectivity index (χ1v) is 5.98. The van der Waals surface area contributed by atoms with Crippen molar-refractivity contribution in [2.45, 2.75) is 13.0 Å². The lowest BCUT2D eigenvalue weighted by molar-refractivity contribution is -0.118. The van der Waals surface area contributed by atoms with Crippen molar-refractivity contribution in [1.82, 2.24) is 4.72 Å². The number of hydrogen-bond acceptors (Lipinski definition) is 5. The van der Waals surface area contributed by atoms with Gasteiger partial charge in [-0.1, -0.05) is 10.8 Å². The molecule has 1 N–H and O–H groups in total. The molecule has 0 bridgehead atoms. The van der Waals surface area contributed by atoms with Crippen LogP contribution in [0.3, 0.4) is 0 Å². The van der Waals surface area contributed by atoms with Crippen molar-refractivity contribution in [1.29, 1.82) is 0 Å². The van der Waals surface area contributed by atoms with Crippen molar-refractivity contribution in [2.24, 2.45) is 0 Å². The summed E-state index contributed by atoms with van der Waals surface area (Å²) in [7, 11) is 3.05. The molecule has 0 saturated heterocycles. The largest absolute Gasteiger partial charge is 0.298 e. The van der Waals surface area contributed by atoms with Gasteiger partial charge in [-0.05, 0) is 24.2 Å². The Labute approximate surface area is 74.8 Å². The van der Waals surface area contributed by atoms with Gasteiger partial charge in [-0.2, -0.15) is 12.6 Å². The highest BCUT2D eigenvalue weighted by Gasteiger charge is 2.09. The summed E-state index contributed by atoms with van der Waals surface area (Å²) in [5, 5.41) is 0. The summed E-state index contributed by atoms with van der Waals surface area (Å²) >= 11 is 4.02. The maximum absolute atomic E-state index is 10.7. The number of carbonyl (C=O) groups excluding carboxylic acids is 1. The van der Waals surface area contributed by atoms with E-state index in [0.29, 0.717) is 5.75 Å². The van der Waals surface area contributed by atoms with Crippen LogP contribution in [0.4, 0.5) is 0 Å². The number of carbonyl (C=O) groups is 1. The number of nitrogens with one attached hydrogen (secondary N) is 1. The topological polar surface area (TPSA) is 29.1 Å². The zero-order valence-corrected chi connectivity index (χ0v) is 8.48. The predicted octanol–water partition coefficient (Wildman–Crippen LogP) is 1.39. The van der Waals surface area contributed by atoms with Crippen LogP contribution in [0.15, 0.2) is 0 Å². The first-order valence-electron chi connectivity index (χ1n) is 2.78. The Morgan fingerprint density at radius 2 is 2.40 bits per heavy atom. The van der Waals surface area contributed by atoms with Crippen LogP contribution >= 0.6 is 34.4 Å². The third-order valence-electron chi connectivity index (χ3n) is 0.947. The van der Waals surface area contributed by atoms with Crippen LogP contribution in [0.2, 0.25) is 0 Å². The molecule has 0 saturated carbocycles. The molecule has 0 aromatic heterocycles. The molecule has 5 heteroatoms. The molecule has 0 aromatic rings. The van der Waals surface area contributed by atoms with Gasteiger partial charge in [0.1, 0.15) is 5.78 Å². The third-order valence-corrected chi connectivity index (χ3v) is 2.65. The first kappa shape index (κ1) is 10.7. The van der Waals surface area contributed by atoms with Crippen molar-refractivity contribution in [3.63, 3.8) is 0 Å². The van der Waals surface area contributed by atoms with Crippen LogP contribution in [0, 0.1) is 0 Å². The molecule has 0 fully saturated rings. The minimum absolute atomic E-state index is 0.110. The second-order valence-corrected chi connectivity index (χ2v) is 4.31. The second kappa shape index (κ2) is 6.39. The van der Waals surface area contributed by atoms with E-state index in [9.17, 15) is 4.79 Å². The lowest BCUT2D eigenvalue weighted by Crippen LogP contribution is -2.31. The summed E-state index contributed by atoms with van der Waals surface area (Å²) in [6.45, 7) is 1.56. The van der Waals surface area contributed by atoms with E-state index in [4.69, 9.17) is 0 Å². The molecule has 10 heavy (non-hydrogen) atoms. The lowest BCUT2D eigenvalue weighted by atomic mass is 10.3. The molecule has 0 rings (SSSR count). The van der Waals surface area contributed by atoms with Gasteiger partial charge in [-0.15, -0.1) is 0 Å². The van der Waals surface area contributed by atoms with Crippen LogP contribution < -0.4 is 4.72 Å². The van der Waals surface area contributed by atoms with Crippen LogP contribution in [0.5, 0.6) is 0 Å². The summed E-state index contributed by atoms with van der Waals surface area (Å²) in [5.74, 6) is 0.694. The van der Waals surface area contributed by atoms with Gasteiger partial charge < -0.3 is 0 Å². The summed E-state index contributed by atoms with van der Waals surface area (Å²) in [4.78, 5) is 10.7. The zero-order valence-electron chi connectivity index (χ0n) is 5.96. The van der Waals surface area contributed by atoms with E-state index < -0.39 is 0 Å². The number of hydrogen-bond donors (Lipinski definition) is 2. The van der Waals surface area contributed by atoms with Gasteiger partial charge in [0.25, 0.3) is 0 Å². The highest BCUT2D eigenvalue weighted by molar-refractivity contribution is 8.75. The van der Waals surface area contributed by atoms with Crippen molar-refractivity contribution in [3.8, 4) is 0 Å². The van der Waals surface area contributed by atoms with Gasteiger partial charge >= 0.3 is 0 Å². The minimum atomic E-state index is -0.110. The maximum Gasteiger partial charge on any atom is 0.148 e. The molecule has 0 unspecified atom stereocenters. The summed E-state index contributed by atoms with van der Waals surface area (Å²) in [5.41, 5.74) is 0. The first-order chi connectivity index (χ1) is 4.72. The van der Waals surface area contributed by atoms with Crippen molar-refractivity contribution >= 4 is 40.2 Å². The fourth-order valence-electron chi connectivity index (χ4n) is 0.355. The molecule has 0 radical (unpaired) electrons. The molecule has 2 nitrogen and oxygen atoms in total. The fourth-order valence-corrected chi connectivity index (χ4v) is 1.93. The zero-order chi connectivity index (χ0) is 7.98. The molecule has 0 aliphatic carbocycles. The summed E-state index contributed by atoms with van der Waals surface area (Å²) in [6.07, 6.45) is 1.95. The molecule has 0 aromatic carbocycles. The average Bonchev–Trinajstić information content (AvgIpc) is 1.89. The molecule has 1 atom stereocenters. The highest BCUT2D eigenvalue weighted by Crippen LogP contribution is 2.13. The standard InChI is InChI=1S/C5H11NOS3/c1-4(7)5(3-8)6-10-9-2/h5-6,8H,3H2,1-2H3/t5-/m0/s1. The monoisotopic (exact) mass is 197 g/mol. The number of thiol groups is 1. The van der Waals surface area contributed by atoms with E-state index >= 15 is 0 Å². The molecule has 0 heterocycles. The molecular formula is C5H11NOS3. The van der Waals surface area contributed by atoms with E-state index in [-0.39, 0.29) is 11.8 Å².